The molecule has 1 aliphatic rings. The summed E-state index contributed by atoms with van der Waals surface area (Å²) in [5.41, 5.74) is 0. The van der Waals surface area contributed by atoms with Gasteiger partial charge in [0, 0.05) is 5.75 Å². The van der Waals surface area contributed by atoms with Crippen LogP contribution in [0.15, 0.2) is 0 Å². The Hall–Kier alpha value is -0.560. The van der Waals surface area contributed by atoms with Gasteiger partial charge in [0.15, 0.2) is 9.84 Å². The van der Waals surface area contributed by atoms with E-state index in [9.17, 15) is 8.42 Å². The summed E-state index contributed by atoms with van der Waals surface area (Å²) < 4.78 is 22.9. The fourth-order valence-electron chi connectivity index (χ4n) is 2.21. The van der Waals surface area contributed by atoms with Crippen LogP contribution in [-0.4, -0.2) is 19.9 Å². The standard InChI is InChI=1S/C11H19NO2S/c1-2-15(13,14)9-11(8-12)10-6-4-3-5-7-10/h10-11H,2-7,9H2,1H3. The van der Waals surface area contributed by atoms with E-state index in [0.29, 0.717) is 5.92 Å². The van der Waals surface area contributed by atoms with Crippen molar-refractivity contribution in [1.29, 1.82) is 5.26 Å². The van der Waals surface area contributed by atoms with Crippen molar-refractivity contribution in [3.8, 4) is 6.07 Å². The quantitative estimate of drug-likeness (QED) is 0.742. The van der Waals surface area contributed by atoms with Gasteiger partial charge in [-0.1, -0.05) is 26.2 Å². The second kappa shape index (κ2) is 5.50. The first-order valence-electron chi connectivity index (χ1n) is 5.69. The SMILES string of the molecule is CCS(=O)(=O)CC(C#N)C1CCCCC1. The molecule has 0 heterocycles. The molecule has 4 heteroatoms. The van der Waals surface area contributed by atoms with Crippen LogP contribution < -0.4 is 0 Å². The zero-order valence-corrected chi connectivity index (χ0v) is 10.1. The minimum absolute atomic E-state index is 0.0602. The van der Waals surface area contributed by atoms with Gasteiger partial charge in [-0.05, 0) is 18.8 Å². The first-order valence-corrected chi connectivity index (χ1v) is 7.51. The van der Waals surface area contributed by atoms with Gasteiger partial charge < -0.3 is 0 Å². The van der Waals surface area contributed by atoms with Crippen LogP contribution in [0.1, 0.15) is 39.0 Å². The zero-order chi connectivity index (χ0) is 11.3. The molecule has 1 unspecified atom stereocenters. The van der Waals surface area contributed by atoms with E-state index in [1.54, 1.807) is 6.92 Å². The molecule has 0 aromatic rings. The van der Waals surface area contributed by atoms with Crippen LogP contribution >= 0.6 is 0 Å². The van der Waals surface area contributed by atoms with Gasteiger partial charge in [0.1, 0.15) is 0 Å². The summed E-state index contributed by atoms with van der Waals surface area (Å²) in [6.07, 6.45) is 5.58. The highest BCUT2D eigenvalue weighted by molar-refractivity contribution is 7.91. The van der Waals surface area contributed by atoms with E-state index in [1.165, 1.54) is 6.42 Å². The van der Waals surface area contributed by atoms with Gasteiger partial charge in [-0.3, -0.25) is 0 Å². The number of sulfone groups is 1. The Labute approximate surface area is 92.4 Å². The predicted molar refractivity (Wildman–Crippen MR) is 60.0 cm³/mol. The highest BCUT2D eigenvalue weighted by atomic mass is 32.2. The van der Waals surface area contributed by atoms with E-state index in [2.05, 4.69) is 6.07 Å². The minimum Gasteiger partial charge on any atom is -0.229 e. The molecule has 1 rings (SSSR count). The maximum Gasteiger partial charge on any atom is 0.151 e. The van der Waals surface area contributed by atoms with Crippen molar-refractivity contribution in [2.24, 2.45) is 11.8 Å². The number of hydrogen-bond acceptors (Lipinski definition) is 3. The summed E-state index contributed by atoms with van der Waals surface area (Å²) in [6, 6.07) is 2.18. The lowest BCUT2D eigenvalue weighted by molar-refractivity contribution is 0.305. The summed E-state index contributed by atoms with van der Waals surface area (Å²) in [4.78, 5) is 0. The van der Waals surface area contributed by atoms with Crippen LogP contribution in [0.4, 0.5) is 0 Å². The molecule has 0 radical (unpaired) electrons. The van der Waals surface area contributed by atoms with Crippen LogP contribution in [0.3, 0.4) is 0 Å². The Bertz CT molecular complexity index is 323. The monoisotopic (exact) mass is 229 g/mol. The molecule has 0 N–H and O–H groups in total. The highest BCUT2D eigenvalue weighted by Gasteiger charge is 2.27. The molecule has 0 bridgehead atoms. The maximum atomic E-state index is 11.5. The summed E-state index contributed by atoms with van der Waals surface area (Å²) >= 11 is 0. The van der Waals surface area contributed by atoms with E-state index in [0.717, 1.165) is 25.7 Å². The number of nitrogens with zero attached hydrogens (tertiary/aromatic N) is 1. The molecule has 1 atom stereocenters. The molecule has 3 nitrogen and oxygen atoms in total. The number of nitriles is 1. The van der Waals surface area contributed by atoms with E-state index < -0.39 is 9.84 Å². The van der Waals surface area contributed by atoms with Crippen molar-refractivity contribution in [2.45, 2.75) is 39.0 Å². The second-order valence-corrected chi connectivity index (χ2v) is 6.73. The summed E-state index contributed by atoms with van der Waals surface area (Å²) in [7, 11) is -3.00. The van der Waals surface area contributed by atoms with Gasteiger partial charge in [0.2, 0.25) is 0 Å². The fraction of sp³-hybridized carbons (Fsp3) is 0.909. The van der Waals surface area contributed by atoms with Crippen molar-refractivity contribution in [3.63, 3.8) is 0 Å². The lowest BCUT2D eigenvalue weighted by Crippen LogP contribution is -2.25. The van der Waals surface area contributed by atoms with E-state index >= 15 is 0 Å². The third-order valence-electron chi connectivity index (χ3n) is 3.26. The average Bonchev–Trinajstić information content (AvgIpc) is 2.27. The predicted octanol–water partition coefficient (Wildman–Crippen LogP) is 2.14. The van der Waals surface area contributed by atoms with Crippen molar-refractivity contribution >= 4 is 9.84 Å². The van der Waals surface area contributed by atoms with E-state index in [4.69, 9.17) is 5.26 Å². The third-order valence-corrected chi connectivity index (χ3v) is 5.00. The Balaban J connectivity index is 2.60. The van der Waals surface area contributed by atoms with E-state index in [1.807, 2.05) is 0 Å². The number of rotatable bonds is 4. The molecule has 0 amide bonds. The van der Waals surface area contributed by atoms with Crippen LogP contribution in [0.25, 0.3) is 0 Å². The lowest BCUT2D eigenvalue weighted by Gasteiger charge is -2.25. The van der Waals surface area contributed by atoms with Crippen LogP contribution in [-0.2, 0) is 9.84 Å². The Kier molecular flexibility index (Phi) is 4.59. The third kappa shape index (κ3) is 3.83. The molecule has 1 saturated carbocycles. The van der Waals surface area contributed by atoms with Crippen LogP contribution in [0, 0.1) is 23.2 Å². The molecule has 0 aliphatic heterocycles. The van der Waals surface area contributed by atoms with Gasteiger partial charge in [0.05, 0.1) is 17.7 Å². The molecular formula is C11H19NO2S. The van der Waals surface area contributed by atoms with Crippen molar-refractivity contribution in [1.82, 2.24) is 0 Å². The highest BCUT2D eigenvalue weighted by Crippen LogP contribution is 2.30. The van der Waals surface area contributed by atoms with Crippen molar-refractivity contribution in [3.05, 3.63) is 0 Å². The fourth-order valence-corrected chi connectivity index (χ4v) is 3.34. The Morgan fingerprint density at radius 1 is 1.33 bits per heavy atom. The minimum atomic E-state index is -3.00. The van der Waals surface area contributed by atoms with E-state index in [-0.39, 0.29) is 17.4 Å². The van der Waals surface area contributed by atoms with Gasteiger partial charge in [-0.15, -0.1) is 0 Å². The van der Waals surface area contributed by atoms with Gasteiger partial charge in [-0.2, -0.15) is 5.26 Å². The first kappa shape index (κ1) is 12.5. The molecule has 0 aromatic carbocycles. The Morgan fingerprint density at radius 3 is 2.40 bits per heavy atom. The van der Waals surface area contributed by atoms with Crippen LogP contribution in [0.2, 0.25) is 0 Å². The summed E-state index contributed by atoms with van der Waals surface area (Å²) in [5.74, 6) is 0.239. The summed E-state index contributed by atoms with van der Waals surface area (Å²) in [6.45, 7) is 1.64. The molecule has 86 valence electrons. The molecular weight excluding hydrogens is 210 g/mol. The van der Waals surface area contributed by atoms with Gasteiger partial charge in [0.25, 0.3) is 0 Å². The van der Waals surface area contributed by atoms with Crippen molar-refractivity contribution < 1.29 is 8.42 Å². The Morgan fingerprint density at radius 2 is 1.93 bits per heavy atom. The molecule has 1 aliphatic carbocycles. The molecule has 0 spiro atoms. The first-order chi connectivity index (χ1) is 7.09. The smallest absolute Gasteiger partial charge is 0.151 e. The normalized spacial score (nSPS) is 20.8. The lowest BCUT2D eigenvalue weighted by atomic mass is 9.81. The zero-order valence-electron chi connectivity index (χ0n) is 9.28. The van der Waals surface area contributed by atoms with Gasteiger partial charge >= 0.3 is 0 Å². The van der Waals surface area contributed by atoms with Gasteiger partial charge in [-0.25, -0.2) is 8.42 Å². The largest absolute Gasteiger partial charge is 0.229 e. The molecule has 1 fully saturated rings. The van der Waals surface area contributed by atoms with Crippen molar-refractivity contribution in [2.75, 3.05) is 11.5 Å². The molecule has 0 saturated heterocycles. The second-order valence-electron chi connectivity index (χ2n) is 4.33. The molecule has 0 aromatic heterocycles. The maximum absolute atomic E-state index is 11.5. The average molecular weight is 229 g/mol. The van der Waals surface area contributed by atoms with Crippen LogP contribution in [0.5, 0.6) is 0 Å². The topological polar surface area (TPSA) is 57.9 Å². The molecule has 15 heavy (non-hydrogen) atoms. The number of hydrogen-bond donors (Lipinski definition) is 0. The summed E-state index contributed by atoms with van der Waals surface area (Å²) in [5, 5.41) is 9.02.